The van der Waals surface area contributed by atoms with Crippen LogP contribution < -0.4 is 9.64 Å². The van der Waals surface area contributed by atoms with Crippen LogP contribution in [0.5, 0.6) is 5.75 Å². The van der Waals surface area contributed by atoms with E-state index in [1.807, 2.05) is 18.9 Å². The van der Waals surface area contributed by atoms with Crippen molar-refractivity contribution in [2.45, 2.75) is 19.8 Å². The Morgan fingerprint density at radius 3 is 2.74 bits per heavy atom. The number of methoxy groups -OCH3 is 1. The third kappa shape index (κ3) is 4.77. The Bertz CT molecular complexity index is 423. The van der Waals surface area contributed by atoms with Crippen LogP contribution in [-0.4, -0.2) is 33.3 Å². The lowest BCUT2D eigenvalue weighted by Gasteiger charge is -2.19. The SMILES string of the molecule is CCOc1ccc(N(C)CCCC(=O)OC)cc1F. The summed E-state index contributed by atoms with van der Waals surface area (Å²) in [5.74, 6) is -0.348. The van der Waals surface area contributed by atoms with E-state index in [1.165, 1.54) is 13.2 Å². The number of nitrogens with zero attached hydrogens (tertiary/aromatic N) is 1. The number of hydrogen-bond donors (Lipinski definition) is 0. The molecule has 0 aromatic heterocycles. The Morgan fingerprint density at radius 1 is 1.42 bits per heavy atom. The van der Waals surface area contributed by atoms with E-state index >= 15 is 0 Å². The number of carbonyl (C=O) groups is 1. The zero-order chi connectivity index (χ0) is 14.3. The number of rotatable bonds is 7. The maximum atomic E-state index is 13.7. The summed E-state index contributed by atoms with van der Waals surface area (Å²) in [6.45, 7) is 2.90. The van der Waals surface area contributed by atoms with Crippen LogP contribution >= 0.6 is 0 Å². The second-order valence-electron chi connectivity index (χ2n) is 4.15. The lowest BCUT2D eigenvalue weighted by atomic mass is 10.2. The third-order valence-electron chi connectivity index (χ3n) is 2.76. The van der Waals surface area contributed by atoms with E-state index in [0.717, 1.165) is 5.69 Å². The van der Waals surface area contributed by atoms with Crippen molar-refractivity contribution < 1.29 is 18.7 Å². The smallest absolute Gasteiger partial charge is 0.305 e. The molecule has 0 spiro atoms. The van der Waals surface area contributed by atoms with Crippen LogP contribution in [0.25, 0.3) is 0 Å². The van der Waals surface area contributed by atoms with E-state index in [-0.39, 0.29) is 17.5 Å². The number of halogens is 1. The lowest BCUT2D eigenvalue weighted by Crippen LogP contribution is -2.19. The average Bonchev–Trinajstić information content (AvgIpc) is 2.40. The second-order valence-corrected chi connectivity index (χ2v) is 4.15. The Morgan fingerprint density at radius 2 is 2.16 bits per heavy atom. The van der Waals surface area contributed by atoms with Gasteiger partial charge in [-0.05, 0) is 25.5 Å². The highest BCUT2D eigenvalue weighted by atomic mass is 19.1. The molecule has 0 aliphatic heterocycles. The topological polar surface area (TPSA) is 38.8 Å². The predicted molar refractivity (Wildman–Crippen MR) is 72.1 cm³/mol. The fourth-order valence-electron chi connectivity index (χ4n) is 1.69. The standard InChI is InChI=1S/C14H20FNO3/c1-4-19-13-8-7-11(10-12(13)15)16(2)9-5-6-14(17)18-3/h7-8,10H,4-6,9H2,1-3H3. The summed E-state index contributed by atoms with van der Waals surface area (Å²) in [7, 11) is 3.22. The molecule has 19 heavy (non-hydrogen) atoms. The third-order valence-corrected chi connectivity index (χ3v) is 2.76. The molecule has 5 heteroatoms. The molecule has 4 nitrogen and oxygen atoms in total. The van der Waals surface area contributed by atoms with E-state index < -0.39 is 0 Å². The molecular weight excluding hydrogens is 249 g/mol. The zero-order valence-electron chi connectivity index (χ0n) is 11.6. The predicted octanol–water partition coefficient (Wildman–Crippen LogP) is 2.61. The highest BCUT2D eigenvalue weighted by Gasteiger charge is 2.08. The first-order valence-corrected chi connectivity index (χ1v) is 6.28. The summed E-state index contributed by atoms with van der Waals surface area (Å²) >= 11 is 0. The van der Waals surface area contributed by atoms with Gasteiger partial charge in [0.2, 0.25) is 0 Å². The second kappa shape index (κ2) is 7.61. The summed E-state index contributed by atoms with van der Waals surface area (Å²) in [4.78, 5) is 12.9. The highest BCUT2D eigenvalue weighted by molar-refractivity contribution is 5.69. The molecule has 0 amide bonds. The molecule has 0 atom stereocenters. The van der Waals surface area contributed by atoms with Crippen molar-refractivity contribution in [3.05, 3.63) is 24.0 Å². The van der Waals surface area contributed by atoms with E-state index in [4.69, 9.17) is 4.74 Å². The van der Waals surface area contributed by atoms with E-state index in [1.54, 1.807) is 12.1 Å². The monoisotopic (exact) mass is 269 g/mol. The average molecular weight is 269 g/mol. The minimum absolute atomic E-state index is 0.230. The van der Waals surface area contributed by atoms with Crippen LogP contribution in [0.3, 0.4) is 0 Å². The Kier molecular flexibility index (Phi) is 6.12. The normalized spacial score (nSPS) is 10.1. The van der Waals surface area contributed by atoms with Gasteiger partial charge in [0, 0.05) is 31.8 Å². The van der Waals surface area contributed by atoms with Crippen LogP contribution in [-0.2, 0) is 9.53 Å². The zero-order valence-corrected chi connectivity index (χ0v) is 11.6. The molecule has 0 heterocycles. The van der Waals surface area contributed by atoms with Gasteiger partial charge in [-0.3, -0.25) is 4.79 Å². The van der Waals surface area contributed by atoms with Gasteiger partial charge in [-0.25, -0.2) is 4.39 Å². The molecule has 0 aliphatic rings. The molecule has 0 fully saturated rings. The van der Waals surface area contributed by atoms with E-state index in [0.29, 0.717) is 26.0 Å². The number of carbonyl (C=O) groups excluding carboxylic acids is 1. The van der Waals surface area contributed by atoms with Crippen molar-refractivity contribution in [2.75, 3.05) is 32.2 Å². The number of ether oxygens (including phenoxy) is 2. The summed E-state index contributed by atoms with van der Waals surface area (Å²) in [5, 5.41) is 0. The first-order valence-electron chi connectivity index (χ1n) is 6.28. The van der Waals surface area contributed by atoms with E-state index in [2.05, 4.69) is 4.74 Å². The minimum atomic E-state index is -0.376. The molecular formula is C14H20FNO3. The molecule has 0 bridgehead atoms. The quantitative estimate of drug-likeness (QED) is 0.713. The van der Waals surface area contributed by atoms with Crippen molar-refractivity contribution in [1.29, 1.82) is 0 Å². The Hall–Kier alpha value is -1.78. The summed E-state index contributed by atoms with van der Waals surface area (Å²) < 4.78 is 23.4. The number of hydrogen-bond acceptors (Lipinski definition) is 4. The molecule has 1 aromatic rings. The molecule has 0 radical (unpaired) electrons. The molecule has 0 aliphatic carbocycles. The van der Waals surface area contributed by atoms with Gasteiger partial charge in [0.1, 0.15) is 0 Å². The van der Waals surface area contributed by atoms with Gasteiger partial charge in [-0.15, -0.1) is 0 Å². The van der Waals surface area contributed by atoms with Crippen LogP contribution in [0.4, 0.5) is 10.1 Å². The van der Waals surface area contributed by atoms with Gasteiger partial charge < -0.3 is 14.4 Å². The molecule has 0 saturated carbocycles. The van der Waals surface area contributed by atoms with E-state index in [9.17, 15) is 9.18 Å². The Labute approximate surface area is 113 Å². The number of esters is 1. The number of anilines is 1. The van der Waals surface area contributed by atoms with Crippen molar-refractivity contribution >= 4 is 11.7 Å². The minimum Gasteiger partial charge on any atom is -0.491 e. The van der Waals surface area contributed by atoms with Crippen molar-refractivity contribution in [2.24, 2.45) is 0 Å². The van der Waals surface area contributed by atoms with Gasteiger partial charge in [0.25, 0.3) is 0 Å². The van der Waals surface area contributed by atoms with Crippen LogP contribution in [0.15, 0.2) is 18.2 Å². The van der Waals surface area contributed by atoms with Crippen LogP contribution in [0.2, 0.25) is 0 Å². The largest absolute Gasteiger partial charge is 0.491 e. The molecule has 1 aromatic carbocycles. The van der Waals surface area contributed by atoms with Crippen molar-refractivity contribution in [3.8, 4) is 5.75 Å². The van der Waals surface area contributed by atoms with Gasteiger partial charge in [-0.2, -0.15) is 0 Å². The Balaban J connectivity index is 2.55. The molecule has 0 saturated heterocycles. The fraction of sp³-hybridized carbons (Fsp3) is 0.500. The molecule has 106 valence electrons. The molecule has 0 unspecified atom stereocenters. The summed E-state index contributed by atoms with van der Waals surface area (Å²) in [6.07, 6.45) is 1.03. The summed E-state index contributed by atoms with van der Waals surface area (Å²) in [6, 6.07) is 4.85. The first kappa shape index (κ1) is 15.3. The van der Waals surface area contributed by atoms with Gasteiger partial charge in [-0.1, -0.05) is 0 Å². The van der Waals surface area contributed by atoms with Crippen LogP contribution in [0, 0.1) is 5.82 Å². The fourth-order valence-corrected chi connectivity index (χ4v) is 1.69. The summed E-state index contributed by atoms with van der Waals surface area (Å²) in [5.41, 5.74) is 0.755. The maximum Gasteiger partial charge on any atom is 0.305 e. The maximum absolute atomic E-state index is 13.7. The van der Waals surface area contributed by atoms with Crippen molar-refractivity contribution in [3.63, 3.8) is 0 Å². The van der Waals surface area contributed by atoms with Gasteiger partial charge >= 0.3 is 5.97 Å². The van der Waals surface area contributed by atoms with Gasteiger partial charge in [0.05, 0.1) is 13.7 Å². The lowest BCUT2D eigenvalue weighted by molar-refractivity contribution is -0.140. The van der Waals surface area contributed by atoms with Crippen LogP contribution in [0.1, 0.15) is 19.8 Å². The molecule has 0 N–H and O–H groups in total. The highest BCUT2D eigenvalue weighted by Crippen LogP contribution is 2.23. The molecule has 1 rings (SSSR count). The van der Waals surface area contributed by atoms with Gasteiger partial charge in [0.15, 0.2) is 11.6 Å². The van der Waals surface area contributed by atoms with Crippen molar-refractivity contribution in [1.82, 2.24) is 0 Å². The first-order chi connectivity index (χ1) is 9.08. The number of benzene rings is 1.